The summed E-state index contributed by atoms with van der Waals surface area (Å²) in [6, 6.07) is 0. The van der Waals surface area contributed by atoms with Gasteiger partial charge in [-0.05, 0) is 31.4 Å². The van der Waals surface area contributed by atoms with Gasteiger partial charge in [0, 0.05) is 12.7 Å². The number of nitrogens with one attached hydrogen (secondary N) is 3. The van der Waals surface area contributed by atoms with Crippen molar-refractivity contribution < 1.29 is 0 Å². The van der Waals surface area contributed by atoms with Crippen LogP contribution >= 0.6 is 20.6 Å². The van der Waals surface area contributed by atoms with Crippen LogP contribution in [0.5, 0.6) is 0 Å². The van der Waals surface area contributed by atoms with Crippen molar-refractivity contribution in [2.75, 3.05) is 17.7 Å². The third kappa shape index (κ3) is 3.23. The lowest BCUT2D eigenvalue weighted by atomic mass is 9.94. The van der Waals surface area contributed by atoms with Crippen LogP contribution in [0, 0.1) is 5.41 Å². The molecular formula is C16H19N6PS. The molecule has 1 aliphatic rings. The van der Waals surface area contributed by atoms with Crippen molar-refractivity contribution in [3.8, 4) is 0 Å². The van der Waals surface area contributed by atoms with Gasteiger partial charge in [-0.15, -0.1) is 0 Å². The van der Waals surface area contributed by atoms with E-state index in [4.69, 9.17) is 5.41 Å². The van der Waals surface area contributed by atoms with E-state index in [0.29, 0.717) is 11.5 Å². The minimum atomic E-state index is 0.457. The molecular weight excluding hydrogens is 339 g/mol. The van der Waals surface area contributed by atoms with Gasteiger partial charge in [-0.2, -0.15) is 0 Å². The molecule has 2 heterocycles. The fourth-order valence-corrected chi connectivity index (χ4v) is 3.97. The molecule has 1 atom stereocenters. The summed E-state index contributed by atoms with van der Waals surface area (Å²) < 4.78 is 0. The highest BCUT2D eigenvalue weighted by atomic mass is 32.1. The quantitative estimate of drug-likeness (QED) is 0.565. The molecule has 2 aromatic rings. The Labute approximate surface area is 147 Å². The molecule has 3 N–H and O–H groups in total. The van der Waals surface area contributed by atoms with E-state index in [0.717, 1.165) is 50.8 Å². The molecule has 1 unspecified atom stereocenters. The third-order valence-corrected chi connectivity index (χ3v) is 5.07. The van der Waals surface area contributed by atoms with E-state index in [1.165, 1.54) is 6.33 Å². The second-order valence-electron chi connectivity index (χ2n) is 5.51. The molecule has 0 aromatic carbocycles. The first kappa shape index (κ1) is 16.7. The summed E-state index contributed by atoms with van der Waals surface area (Å²) in [5.74, 6) is 0.667. The van der Waals surface area contributed by atoms with Gasteiger partial charge in [0.15, 0.2) is 5.13 Å². The van der Waals surface area contributed by atoms with E-state index >= 15 is 0 Å². The van der Waals surface area contributed by atoms with Crippen LogP contribution in [0.15, 0.2) is 24.2 Å². The van der Waals surface area contributed by atoms with Gasteiger partial charge < -0.3 is 10.6 Å². The van der Waals surface area contributed by atoms with Gasteiger partial charge in [-0.3, -0.25) is 5.41 Å². The topological polar surface area (TPSA) is 86.6 Å². The van der Waals surface area contributed by atoms with E-state index in [1.807, 2.05) is 6.92 Å². The molecule has 0 radical (unpaired) electrons. The number of hydrogen-bond donors (Lipinski definition) is 3. The van der Waals surface area contributed by atoms with Gasteiger partial charge in [-0.1, -0.05) is 27.2 Å². The summed E-state index contributed by atoms with van der Waals surface area (Å²) in [5.41, 5.74) is 4.82. The Kier molecular flexibility index (Phi) is 4.73. The number of aryl methyl sites for hydroxylation is 1. The van der Waals surface area contributed by atoms with Crippen molar-refractivity contribution in [2.45, 2.75) is 19.8 Å². The zero-order valence-electron chi connectivity index (χ0n) is 13.6. The second kappa shape index (κ2) is 6.79. The Morgan fingerprint density at radius 2 is 2.17 bits per heavy atom. The Balaban J connectivity index is 1.95. The Morgan fingerprint density at radius 1 is 1.38 bits per heavy atom. The molecule has 0 saturated heterocycles. The SMILES string of the molecule is C=C(C)Nc1nc2c(s1)C=C(C(=N)c1c(P)ncnc1NC)CC2. The summed E-state index contributed by atoms with van der Waals surface area (Å²) >= 11 is 1.59. The first-order valence-electron chi connectivity index (χ1n) is 7.50. The Hall–Kier alpha value is -2.11. The van der Waals surface area contributed by atoms with Crippen LogP contribution in [0.3, 0.4) is 0 Å². The number of rotatable bonds is 5. The van der Waals surface area contributed by atoms with Crippen molar-refractivity contribution in [1.29, 1.82) is 5.41 Å². The van der Waals surface area contributed by atoms with Crippen LogP contribution in [-0.4, -0.2) is 27.7 Å². The molecule has 0 aliphatic heterocycles. The first-order chi connectivity index (χ1) is 11.5. The molecule has 8 heteroatoms. The van der Waals surface area contributed by atoms with Crippen LogP contribution in [-0.2, 0) is 6.42 Å². The highest BCUT2D eigenvalue weighted by Gasteiger charge is 2.22. The summed E-state index contributed by atoms with van der Waals surface area (Å²) in [5, 5.41) is 15.7. The van der Waals surface area contributed by atoms with E-state index in [-0.39, 0.29) is 0 Å². The van der Waals surface area contributed by atoms with Gasteiger partial charge in [0.2, 0.25) is 0 Å². The number of fused-ring (bicyclic) bond motifs is 1. The van der Waals surface area contributed by atoms with Crippen LogP contribution < -0.4 is 16.1 Å². The fraction of sp³-hybridized carbons (Fsp3) is 0.250. The highest BCUT2D eigenvalue weighted by Crippen LogP contribution is 2.33. The Bertz CT molecular complexity index is 854. The lowest BCUT2D eigenvalue weighted by Gasteiger charge is -2.16. The molecule has 0 saturated carbocycles. The average Bonchev–Trinajstić information content (AvgIpc) is 2.94. The number of aromatic nitrogens is 3. The zero-order chi connectivity index (χ0) is 17.3. The monoisotopic (exact) mass is 358 g/mol. The highest BCUT2D eigenvalue weighted by molar-refractivity contribution is 7.27. The summed E-state index contributed by atoms with van der Waals surface area (Å²) in [6.45, 7) is 5.76. The van der Waals surface area contributed by atoms with E-state index in [1.54, 1.807) is 18.4 Å². The largest absolute Gasteiger partial charge is 0.372 e. The van der Waals surface area contributed by atoms with Crippen LogP contribution in [0.25, 0.3) is 6.08 Å². The van der Waals surface area contributed by atoms with Gasteiger partial charge in [-0.25, -0.2) is 15.0 Å². The maximum absolute atomic E-state index is 8.62. The van der Waals surface area contributed by atoms with Gasteiger partial charge in [0.25, 0.3) is 0 Å². The van der Waals surface area contributed by atoms with Crippen molar-refractivity contribution in [3.05, 3.63) is 40.3 Å². The molecule has 2 aromatic heterocycles. The molecule has 0 fully saturated rings. The maximum Gasteiger partial charge on any atom is 0.187 e. The van der Waals surface area contributed by atoms with Gasteiger partial charge >= 0.3 is 0 Å². The van der Waals surface area contributed by atoms with Crippen molar-refractivity contribution in [1.82, 2.24) is 15.0 Å². The normalized spacial score (nSPS) is 13.0. The average molecular weight is 358 g/mol. The predicted molar refractivity (Wildman–Crippen MR) is 105 cm³/mol. The number of thiazole rings is 1. The molecule has 1 aliphatic carbocycles. The third-order valence-electron chi connectivity index (χ3n) is 3.67. The van der Waals surface area contributed by atoms with Crippen molar-refractivity contribution in [3.63, 3.8) is 0 Å². The molecule has 124 valence electrons. The minimum absolute atomic E-state index is 0.457. The first-order valence-corrected chi connectivity index (χ1v) is 8.89. The lowest BCUT2D eigenvalue weighted by Crippen LogP contribution is -2.19. The number of anilines is 2. The van der Waals surface area contributed by atoms with Gasteiger partial charge in [0.05, 0.1) is 27.3 Å². The maximum atomic E-state index is 8.62. The zero-order valence-corrected chi connectivity index (χ0v) is 15.6. The van der Waals surface area contributed by atoms with E-state index in [9.17, 15) is 0 Å². The molecule has 0 spiro atoms. The molecule has 0 bridgehead atoms. The summed E-state index contributed by atoms with van der Waals surface area (Å²) in [7, 11) is 4.38. The summed E-state index contributed by atoms with van der Waals surface area (Å²) in [4.78, 5) is 14.1. The standard InChI is InChI=1S/C16H19N6PS/c1-8(2)21-16-22-10-5-4-9(6-11(10)24-16)13(17)12-14(18-3)19-7-20-15(12)23/h6-7,17H,1,4-5,23H2,2-3H3,(H,21,22)(H,18,19,20). The van der Waals surface area contributed by atoms with Gasteiger partial charge in [0.1, 0.15) is 12.1 Å². The minimum Gasteiger partial charge on any atom is -0.372 e. The van der Waals surface area contributed by atoms with Crippen molar-refractivity contribution >= 4 is 48.7 Å². The van der Waals surface area contributed by atoms with Crippen LogP contribution in [0.4, 0.5) is 10.9 Å². The van der Waals surface area contributed by atoms with Crippen LogP contribution in [0.2, 0.25) is 0 Å². The molecule has 24 heavy (non-hydrogen) atoms. The van der Waals surface area contributed by atoms with Crippen LogP contribution in [0.1, 0.15) is 29.5 Å². The Morgan fingerprint density at radius 3 is 2.88 bits per heavy atom. The lowest BCUT2D eigenvalue weighted by molar-refractivity contribution is 0.924. The smallest absolute Gasteiger partial charge is 0.187 e. The van der Waals surface area contributed by atoms with Crippen molar-refractivity contribution in [2.24, 2.45) is 0 Å². The van der Waals surface area contributed by atoms with E-state index in [2.05, 4.69) is 47.5 Å². The molecule has 3 rings (SSSR count). The number of hydrogen-bond acceptors (Lipinski definition) is 7. The second-order valence-corrected chi connectivity index (χ2v) is 7.09. The predicted octanol–water partition coefficient (Wildman–Crippen LogP) is 2.82. The number of nitrogens with zero attached hydrogens (tertiary/aromatic N) is 3. The van der Waals surface area contributed by atoms with E-state index < -0.39 is 0 Å². The number of allylic oxidation sites excluding steroid dienone is 2. The fourth-order valence-electron chi connectivity index (χ4n) is 2.57. The molecule has 6 nitrogen and oxygen atoms in total. The summed E-state index contributed by atoms with van der Waals surface area (Å²) in [6.07, 6.45) is 5.16. The molecule has 0 amide bonds.